The molecular formula is C16H18FN3O. The van der Waals surface area contributed by atoms with Crippen LogP contribution in [-0.2, 0) is 0 Å². The summed E-state index contributed by atoms with van der Waals surface area (Å²) in [5.74, 6) is -0.353. The smallest absolute Gasteiger partial charge is 0.323 e. The highest BCUT2D eigenvalue weighted by atomic mass is 19.1. The van der Waals surface area contributed by atoms with E-state index in [1.807, 2.05) is 19.1 Å². The average molecular weight is 287 g/mol. The van der Waals surface area contributed by atoms with Crippen LogP contribution in [-0.4, -0.2) is 6.03 Å². The summed E-state index contributed by atoms with van der Waals surface area (Å²) in [7, 11) is 0. The number of nitrogens with one attached hydrogen (secondary N) is 2. The third-order valence-corrected chi connectivity index (χ3v) is 3.21. The van der Waals surface area contributed by atoms with Crippen LogP contribution in [0.1, 0.15) is 24.1 Å². The molecule has 1 atom stereocenters. The zero-order chi connectivity index (χ0) is 15.4. The number of carbonyl (C=O) groups is 1. The molecule has 0 radical (unpaired) electrons. The Balaban J connectivity index is 2.03. The van der Waals surface area contributed by atoms with E-state index < -0.39 is 6.03 Å². The van der Waals surface area contributed by atoms with E-state index in [1.54, 1.807) is 31.2 Å². The lowest BCUT2D eigenvalue weighted by molar-refractivity contribution is 0.262. The second-order valence-corrected chi connectivity index (χ2v) is 4.90. The van der Waals surface area contributed by atoms with Gasteiger partial charge >= 0.3 is 6.03 Å². The van der Waals surface area contributed by atoms with Gasteiger partial charge in [0.15, 0.2) is 0 Å². The summed E-state index contributed by atoms with van der Waals surface area (Å²) in [6.07, 6.45) is 0. The Labute approximate surface area is 123 Å². The van der Waals surface area contributed by atoms with E-state index >= 15 is 0 Å². The third-order valence-electron chi connectivity index (χ3n) is 3.21. The van der Waals surface area contributed by atoms with Crippen molar-refractivity contribution in [3.05, 3.63) is 59.4 Å². The van der Waals surface area contributed by atoms with E-state index in [2.05, 4.69) is 10.6 Å². The first-order chi connectivity index (χ1) is 9.97. The first-order valence-corrected chi connectivity index (χ1v) is 6.66. The summed E-state index contributed by atoms with van der Waals surface area (Å²) < 4.78 is 13.4. The molecule has 0 aromatic heterocycles. The second-order valence-electron chi connectivity index (χ2n) is 4.90. The van der Waals surface area contributed by atoms with Crippen LogP contribution in [0, 0.1) is 12.7 Å². The zero-order valence-corrected chi connectivity index (χ0v) is 12.0. The first kappa shape index (κ1) is 15.0. The van der Waals surface area contributed by atoms with Crippen molar-refractivity contribution >= 4 is 17.4 Å². The van der Waals surface area contributed by atoms with Crippen molar-refractivity contribution in [3.8, 4) is 0 Å². The van der Waals surface area contributed by atoms with Gasteiger partial charge in [0.25, 0.3) is 0 Å². The summed E-state index contributed by atoms with van der Waals surface area (Å²) >= 11 is 0. The second kappa shape index (κ2) is 6.37. The number of hydrogen-bond acceptors (Lipinski definition) is 2. The molecule has 0 spiro atoms. The summed E-state index contributed by atoms with van der Waals surface area (Å²) in [6.45, 7) is 3.50. The van der Waals surface area contributed by atoms with Gasteiger partial charge in [0.1, 0.15) is 5.82 Å². The maximum absolute atomic E-state index is 13.4. The fourth-order valence-electron chi connectivity index (χ4n) is 1.90. The van der Waals surface area contributed by atoms with Gasteiger partial charge in [-0.3, -0.25) is 0 Å². The number of amides is 2. The molecule has 4 N–H and O–H groups in total. The lowest BCUT2D eigenvalue weighted by atomic mass is 10.1. The third kappa shape index (κ3) is 3.79. The van der Waals surface area contributed by atoms with Crippen LogP contribution < -0.4 is 16.4 Å². The van der Waals surface area contributed by atoms with Crippen molar-refractivity contribution < 1.29 is 9.18 Å². The Morgan fingerprint density at radius 2 is 1.81 bits per heavy atom. The molecule has 1 unspecified atom stereocenters. The molecule has 0 aliphatic heterocycles. The van der Waals surface area contributed by atoms with Crippen LogP contribution >= 0.6 is 0 Å². The van der Waals surface area contributed by atoms with Gasteiger partial charge in [-0.1, -0.05) is 18.2 Å². The zero-order valence-electron chi connectivity index (χ0n) is 12.0. The number of anilines is 2. The van der Waals surface area contributed by atoms with Crippen LogP contribution in [0.15, 0.2) is 42.5 Å². The monoisotopic (exact) mass is 287 g/mol. The topological polar surface area (TPSA) is 67.2 Å². The minimum Gasteiger partial charge on any atom is -0.324 e. The molecule has 0 aliphatic rings. The van der Waals surface area contributed by atoms with Crippen LogP contribution in [0.2, 0.25) is 0 Å². The molecule has 2 aromatic carbocycles. The standard InChI is InChI=1S/C16H18FN3O/c1-10-14(17)4-3-5-15(10)20-16(21)19-13-8-6-12(7-9-13)11(2)18/h3-9,11H,18H2,1-2H3,(H2,19,20,21). The van der Waals surface area contributed by atoms with Gasteiger partial charge in [0.2, 0.25) is 0 Å². The van der Waals surface area contributed by atoms with Gasteiger partial charge in [-0.05, 0) is 43.7 Å². The van der Waals surface area contributed by atoms with E-state index in [9.17, 15) is 9.18 Å². The molecule has 0 heterocycles. The molecule has 4 nitrogen and oxygen atoms in total. The van der Waals surface area contributed by atoms with Gasteiger partial charge in [0.05, 0.1) is 0 Å². The van der Waals surface area contributed by atoms with Gasteiger partial charge in [-0.15, -0.1) is 0 Å². The lowest BCUT2D eigenvalue weighted by Gasteiger charge is -2.11. The number of urea groups is 1. The summed E-state index contributed by atoms with van der Waals surface area (Å²) in [5.41, 5.74) is 8.24. The summed E-state index contributed by atoms with van der Waals surface area (Å²) in [4.78, 5) is 11.9. The first-order valence-electron chi connectivity index (χ1n) is 6.66. The maximum atomic E-state index is 13.4. The molecule has 0 fully saturated rings. The molecule has 5 heteroatoms. The quantitative estimate of drug-likeness (QED) is 0.803. The van der Waals surface area contributed by atoms with Crippen molar-refractivity contribution in [1.82, 2.24) is 0 Å². The predicted octanol–water partition coefficient (Wildman–Crippen LogP) is 3.80. The molecule has 2 amide bonds. The summed E-state index contributed by atoms with van der Waals surface area (Å²) in [6, 6.07) is 11.3. The van der Waals surface area contributed by atoms with Crippen molar-refractivity contribution in [2.24, 2.45) is 5.73 Å². The normalized spacial score (nSPS) is 11.8. The van der Waals surface area contributed by atoms with E-state index in [0.717, 1.165) is 5.56 Å². The number of rotatable bonds is 3. The number of benzene rings is 2. The summed E-state index contributed by atoms with van der Waals surface area (Å²) in [5, 5.41) is 5.31. The minimum absolute atomic E-state index is 0.0529. The van der Waals surface area contributed by atoms with Crippen molar-refractivity contribution in [2.75, 3.05) is 10.6 Å². The van der Waals surface area contributed by atoms with Crippen LogP contribution in [0.25, 0.3) is 0 Å². The Morgan fingerprint density at radius 1 is 1.14 bits per heavy atom. The molecule has 21 heavy (non-hydrogen) atoms. The highest BCUT2D eigenvalue weighted by Crippen LogP contribution is 2.18. The Kier molecular flexibility index (Phi) is 4.55. The number of carbonyl (C=O) groups excluding carboxylic acids is 1. The average Bonchev–Trinajstić information content (AvgIpc) is 2.44. The molecular weight excluding hydrogens is 269 g/mol. The van der Waals surface area contributed by atoms with Crippen LogP contribution in [0.5, 0.6) is 0 Å². The van der Waals surface area contributed by atoms with Gasteiger partial charge in [-0.25, -0.2) is 9.18 Å². The van der Waals surface area contributed by atoms with Crippen LogP contribution in [0.3, 0.4) is 0 Å². The molecule has 2 aromatic rings. The molecule has 0 bridgehead atoms. The van der Waals surface area contributed by atoms with Crippen molar-refractivity contribution in [1.29, 1.82) is 0 Å². The number of halogens is 1. The molecule has 2 rings (SSSR count). The van der Waals surface area contributed by atoms with E-state index in [0.29, 0.717) is 16.9 Å². The largest absolute Gasteiger partial charge is 0.324 e. The van der Waals surface area contributed by atoms with Crippen molar-refractivity contribution in [2.45, 2.75) is 19.9 Å². The van der Waals surface area contributed by atoms with Gasteiger partial charge in [-0.2, -0.15) is 0 Å². The predicted molar refractivity (Wildman–Crippen MR) is 82.8 cm³/mol. The number of hydrogen-bond donors (Lipinski definition) is 3. The Hall–Kier alpha value is -2.40. The van der Waals surface area contributed by atoms with Crippen molar-refractivity contribution in [3.63, 3.8) is 0 Å². The molecule has 0 aliphatic carbocycles. The van der Waals surface area contributed by atoms with E-state index in [4.69, 9.17) is 5.73 Å². The molecule has 0 saturated carbocycles. The molecule has 110 valence electrons. The molecule has 0 saturated heterocycles. The van der Waals surface area contributed by atoms with Gasteiger partial charge in [0, 0.05) is 23.0 Å². The van der Waals surface area contributed by atoms with Crippen LogP contribution in [0.4, 0.5) is 20.6 Å². The lowest BCUT2D eigenvalue weighted by Crippen LogP contribution is -2.20. The minimum atomic E-state index is -0.419. The highest BCUT2D eigenvalue weighted by molar-refractivity contribution is 6.00. The van der Waals surface area contributed by atoms with Gasteiger partial charge < -0.3 is 16.4 Å². The van der Waals surface area contributed by atoms with E-state index in [-0.39, 0.29) is 11.9 Å². The Morgan fingerprint density at radius 3 is 2.43 bits per heavy atom. The number of nitrogens with two attached hydrogens (primary N) is 1. The fraction of sp³-hybridized carbons (Fsp3) is 0.188. The van der Waals surface area contributed by atoms with E-state index in [1.165, 1.54) is 6.07 Å². The highest BCUT2D eigenvalue weighted by Gasteiger charge is 2.08. The maximum Gasteiger partial charge on any atom is 0.323 e. The Bertz CT molecular complexity index is 638. The fourth-order valence-corrected chi connectivity index (χ4v) is 1.90. The SMILES string of the molecule is Cc1c(F)cccc1NC(=O)Nc1ccc(C(C)N)cc1.